The van der Waals surface area contributed by atoms with Gasteiger partial charge in [-0.3, -0.25) is 0 Å². The number of rotatable bonds is 3. The van der Waals surface area contributed by atoms with Crippen LogP contribution in [0.2, 0.25) is 0 Å². The van der Waals surface area contributed by atoms with E-state index in [9.17, 15) is 0 Å². The summed E-state index contributed by atoms with van der Waals surface area (Å²) in [7, 11) is 0. The van der Waals surface area contributed by atoms with E-state index in [1.165, 1.54) is 5.39 Å². The lowest BCUT2D eigenvalue weighted by Gasteiger charge is -2.07. The summed E-state index contributed by atoms with van der Waals surface area (Å²) in [4.78, 5) is 4.29. The number of aromatic nitrogens is 1. The third-order valence-corrected chi connectivity index (χ3v) is 2.66. The molecule has 2 rings (SSSR count). The summed E-state index contributed by atoms with van der Waals surface area (Å²) in [6, 6.07) is 8.13. The van der Waals surface area contributed by atoms with Crippen LogP contribution >= 0.6 is 15.9 Å². The van der Waals surface area contributed by atoms with Gasteiger partial charge in [0.15, 0.2) is 0 Å². The van der Waals surface area contributed by atoms with Crippen molar-refractivity contribution < 1.29 is 0 Å². The van der Waals surface area contributed by atoms with Crippen molar-refractivity contribution in [1.29, 1.82) is 0 Å². The number of hydrogen-bond donors (Lipinski definition) is 2. The summed E-state index contributed by atoms with van der Waals surface area (Å²) >= 11 is 3.45. The summed E-state index contributed by atoms with van der Waals surface area (Å²) in [6.07, 6.45) is 1.80. The molecule has 2 aromatic rings. The molecule has 3 nitrogen and oxygen atoms in total. The molecule has 0 unspecified atom stereocenters. The van der Waals surface area contributed by atoms with Gasteiger partial charge in [-0.05, 0) is 29.7 Å². The summed E-state index contributed by atoms with van der Waals surface area (Å²) in [5.74, 6) is 0.894. The fourth-order valence-electron chi connectivity index (χ4n) is 1.48. The zero-order chi connectivity index (χ0) is 10.7. The topological polar surface area (TPSA) is 50.9 Å². The minimum Gasteiger partial charge on any atom is -0.368 e. The van der Waals surface area contributed by atoms with Crippen molar-refractivity contribution >= 4 is 32.5 Å². The van der Waals surface area contributed by atoms with Crippen LogP contribution in [0.5, 0.6) is 0 Å². The molecule has 3 N–H and O–H groups in total. The average Bonchev–Trinajstić information content (AvgIpc) is 2.25. The van der Waals surface area contributed by atoms with Crippen molar-refractivity contribution in [2.45, 2.75) is 0 Å². The van der Waals surface area contributed by atoms with E-state index in [1.807, 2.05) is 18.2 Å². The Kier molecular flexibility index (Phi) is 3.18. The molecule has 15 heavy (non-hydrogen) atoms. The van der Waals surface area contributed by atoms with Crippen molar-refractivity contribution in [3.05, 3.63) is 34.9 Å². The minimum absolute atomic E-state index is 0.606. The zero-order valence-corrected chi connectivity index (χ0v) is 9.79. The maximum absolute atomic E-state index is 5.45. The predicted octanol–water partition coefficient (Wildman–Crippen LogP) is 2.37. The molecule has 0 amide bonds. The van der Waals surface area contributed by atoms with Gasteiger partial charge in [0.05, 0.1) is 0 Å². The molecular weight excluding hydrogens is 254 g/mol. The molecule has 1 heterocycles. The Labute approximate surface area is 96.8 Å². The van der Waals surface area contributed by atoms with E-state index < -0.39 is 0 Å². The van der Waals surface area contributed by atoms with Crippen LogP contribution in [0.1, 0.15) is 0 Å². The van der Waals surface area contributed by atoms with Crippen LogP contribution in [-0.2, 0) is 0 Å². The number of pyridine rings is 1. The minimum atomic E-state index is 0.606. The predicted molar refractivity (Wildman–Crippen MR) is 67.0 cm³/mol. The Balaban J connectivity index is 2.46. The van der Waals surface area contributed by atoms with Crippen molar-refractivity contribution in [2.24, 2.45) is 5.73 Å². The number of fused-ring (bicyclic) bond motifs is 1. The zero-order valence-electron chi connectivity index (χ0n) is 8.20. The summed E-state index contributed by atoms with van der Waals surface area (Å²) < 4.78 is 1.07. The molecule has 0 radical (unpaired) electrons. The first-order chi connectivity index (χ1) is 7.31. The highest BCUT2D eigenvalue weighted by molar-refractivity contribution is 9.10. The maximum Gasteiger partial charge on any atom is 0.133 e. The van der Waals surface area contributed by atoms with Crippen molar-refractivity contribution in [3.8, 4) is 0 Å². The Morgan fingerprint density at radius 3 is 3.00 bits per heavy atom. The van der Waals surface area contributed by atoms with Gasteiger partial charge in [-0.2, -0.15) is 0 Å². The van der Waals surface area contributed by atoms with Crippen LogP contribution in [-0.4, -0.2) is 18.1 Å². The molecule has 0 spiro atoms. The molecule has 0 saturated carbocycles. The van der Waals surface area contributed by atoms with Gasteiger partial charge >= 0.3 is 0 Å². The summed E-state index contributed by atoms with van der Waals surface area (Å²) in [5.41, 5.74) is 5.45. The van der Waals surface area contributed by atoms with E-state index in [-0.39, 0.29) is 0 Å². The summed E-state index contributed by atoms with van der Waals surface area (Å²) in [6.45, 7) is 1.34. The Hall–Kier alpha value is -1.13. The lowest BCUT2D eigenvalue weighted by Crippen LogP contribution is -2.13. The standard InChI is InChI=1S/C11H12BrN3/c12-9-1-2-10-8(7-9)3-5-14-11(10)15-6-4-13/h1-3,5,7H,4,6,13H2,(H,14,15). The van der Waals surface area contributed by atoms with Crippen LogP contribution < -0.4 is 11.1 Å². The lowest BCUT2D eigenvalue weighted by atomic mass is 10.1. The second-order valence-corrected chi connectivity index (χ2v) is 4.16. The van der Waals surface area contributed by atoms with E-state index in [0.717, 1.165) is 22.2 Å². The van der Waals surface area contributed by atoms with Gasteiger partial charge in [0, 0.05) is 29.1 Å². The maximum atomic E-state index is 5.45. The van der Waals surface area contributed by atoms with Crippen LogP contribution in [0.15, 0.2) is 34.9 Å². The third kappa shape index (κ3) is 2.27. The molecule has 78 valence electrons. The number of hydrogen-bond acceptors (Lipinski definition) is 3. The molecular formula is C11H12BrN3. The van der Waals surface area contributed by atoms with E-state index in [1.54, 1.807) is 6.20 Å². The highest BCUT2D eigenvalue weighted by Crippen LogP contribution is 2.24. The van der Waals surface area contributed by atoms with Crippen LogP contribution in [0.4, 0.5) is 5.82 Å². The van der Waals surface area contributed by atoms with E-state index >= 15 is 0 Å². The number of anilines is 1. The van der Waals surface area contributed by atoms with Gasteiger partial charge in [0.1, 0.15) is 5.82 Å². The van der Waals surface area contributed by atoms with Crippen LogP contribution in [0, 0.1) is 0 Å². The number of benzene rings is 1. The first-order valence-corrected chi connectivity index (χ1v) is 5.59. The number of nitrogens with zero attached hydrogens (tertiary/aromatic N) is 1. The van der Waals surface area contributed by atoms with Gasteiger partial charge in [-0.15, -0.1) is 0 Å². The largest absolute Gasteiger partial charge is 0.368 e. The van der Waals surface area contributed by atoms with Gasteiger partial charge in [-0.1, -0.05) is 15.9 Å². The van der Waals surface area contributed by atoms with Gasteiger partial charge in [0.2, 0.25) is 0 Å². The fraction of sp³-hybridized carbons (Fsp3) is 0.182. The highest BCUT2D eigenvalue weighted by Gasteiger charge is 2.01. The van der Waals surface area contributed by atoms with E-state index in [2.05, 4.69) is 32.3 Å². The molecule has 4 heteroatoms. The Morgan fingerprint density at radius 1 is 1.33 bits per heavy atom. The van der Waals surface area contributed by atoms with E-state index in [0.29, 0.717) is 6.54 Å². The SMILES string of the molecule is NCCNc1nccc2cc(Br)ccc12. The van der Waals surface area contributed by atoms with E-state index in [4.69, 9.17) is 5.73 Å². The third-order valence-electron chi connectivity index (χ3n) is 2.16. The number of nitrogens with one attached hydrogen (secondary N) is 1. The average molecular weight is 266 g/mol. The van der Waals surface area contributed by atoms with Crippen molar-refractivity contribution in [2.75, 3.05) is 18.4 Å². The first-order valence-electron chi connectivity index (χ1n) is 4.79. The number of nitrogens with two attached hydrogens (primary N) is 1. The molecule has 1 aromatic heterocycles. The second-order valence-electron chi connectivity index (χ2n) is 3.24. The fourth-order valence-corrected chi connectivity index (χ4v) is 1.86. The van der Waals surface area contributed by atoms with Gasteiger partial charge < -0.3 is 11.1 Å². The van der Waals surface area contributed by atoms with Crippen LogP contribution in [0.25, 0.3) is 10.8 Å². The number of halogens is 1. The lowest BCUT2D eigenvalue weighted by molar-refractivity contribution is 1.01. The molecule has 0 aliphatic rings. The van der Waals surface area contributed by atoms with Crippen molar-refractivity contribution in [3.63, 3.8) is 0 Å². The molecule has 1 aromatic carbocycles. The molecule has 0 atom stereocenters. The van der Waals surface area contributed by atoms with Gasteiger partial charge in [-0.25, -0.2) is 4.98 Å². The summed E-state index contributed by atoms with van der Waals surface area (Å²) in [5, 5.41) is 5.49. The molecule has 0 fully saturated rings. The molecule has 0 aliphatic carbocycles. The smallest absolute Gasteiger partial charge is 0.133 e. The normalized spacial score (nSPS) is 10.5. The Bertz CT molecular complexity index is 470. The van der Waals surface area contributed by atoms with Crippen LogP contribution in [0.3, 0.4) is 0 Å². The monoisotopic (exact) mass is 265 g/mol. The van der Waals surface area contributed by atoms with Gasteiger partial charge in [0.25, 0.3) is 0 Å². The van der Waals surface area contributed by atoms with Crippen molar-refractivity contribution in [1.82, 2.24) is 4.98 Å². The first kappa shape index (κ1) is 10.4. The second kappa shape index (κ2) is 4.59. The molecule has 0 bridgehead atoms. The quantitative estimate of drug-likeness (QED) is 0.896. The Morgan fingerprint density at radius 2 is 2.20 bits per heavy atom. The molecule has 0 aliphatic heterocycles. The molecule has 0 saturated heterocycles. The highest BCUT2D eigenvalue weighted by atomic mass is 79.9.